The third-order valence-electron chi connectivity index (χ3n) is 7.82. The molecule has 0 saturated heterocycles. The molecule has 0 fully saturated rings. The Labute approximate surface area is 254 Å². The number of fused-ring (bicyclic) bond motifs is 1. The van der Waals surface area contributed by atoms with Crippen molar-refractivity contribution in [1.29, 1.82) is 5.26 Å². The van der Waals surface area contributed by atoms with E-state index in [0.29, 0.717) is 22.9 Å². The molecule has 0 bridgehead atoms. The van der Waals surface area contributed by atoms with Crippen LogP contribution in [0.15, 0.2) is 40.4 Å². The molecule has 3 aromatic rings. The number of aromatic nitrogens is 4. The second-order valence-corrected chi connectivity index (χ2v) is 12.0. The molecule has 0 aliphatic carbocycles. The van der Waals surface area contributed by atoms with Crippen LogP contribution in [0.5, 0.6) is 0 Å². The number of rotatable bonds is 14. The van der Waals surface area contributed by atoms with Crippen LogP contribution >= 0.6 is 11.3 Å². The zero-order valence-corrected chi connectivity index (χ0v) is 26.7. The first-order valence-electron chi connectivity index (χ1n) is 15.4. The molecule has 0 saturated carbocycles. The quantitative estimate of drug-likeness (QED) is 0.188. The third kappa shape index (κ3) is 6.70. The standard InChI is InChI=1S/C33H43N7OS/c1-7-11-14-24(10-4)29-37-30-27(23(6)26(21-34)32(41)40(30)38-29)35-31-28(25-17-15-22(5)16-18-25)36-33(42-31)39(19-12-8-2)20-13-9-3/h15-18,24H,7-14,19-20H2,1-6H3. The van der Waals surface area contributed by atoms with Gasteiger partial charge < -0.3 is 4.90 Å². The van der Waals surface area contributed by atoms with E-state index in [1.54, 1.807) is 18.3 Å². The molecule has 9 heteroatoms. The Kier molecular flexibility index (Phi) is 10.8. The molecule has 1 unspecified atom stereocenters. The van der Waals surface area contributed by atoms with E-state index in [1.807, 2.05) is 0 Å². The van der Waals surface area contributed by atoms with Crippen LogP contribution in [0.4, 0.5) is 10.1 Å². The Balaban J connectivity index is 1.89. The number of nitrogens with zero attached hydrogens (tertiary/aromatic N) is 7. The Bertz CT molecular complexity index is 1480. The van der Waals surface area contributed by atoms with E-state index in [4.69, 9.17) is 15.0 Å². The first-order valence-corrected chi connectivity index (χ1v) is 16.2. The van der Waals surface area contributed by atoms with Crippen LogP contribution in [-0.2, 0) is 0 Å². The maximum atomic E-state index is 13.3. The van der Waals surface area contributed by atoms with Gasteiger partial charge in [0.05, 0.1) is 0 Å². The minimum Gasteiger partial charge on any atom is -0.348 e. The van der Waals surface area contributed by atoms with E-state index in [1.165, 1.54) is 10.2 Å². The largest absolute Gasteiger partial charge is 0.348 e. The normalized spacial score (nSPS) is 14.8. The Morgan fingerprint density at radius 2 is 1.67 bits per heavy atom. The van der Waals surface area contributed by atoms with Crippen molar-refractivity contribution in [3.63, 3.8) is 0 Å². The first kappa shape index (κ1) is 31.3. The number of aliphatic imine (C=N–C) groups is 1. The SMILES string of the molecule is CCCCC(CC)c1nc2n(n1)C(=O)C(C#N)=C(C)C2=Nc1sc(N(CCCC)CCCC)nc1-c1ccc(C)cc1. The minimum absolute atomic E-state index is 0.0495. The van der Waals surface area contributed by atoms with Gasteiger partial charge in [-0.25, -0.2) is 15.0 Å². The Hall–Kier alpha value is -3.64. The van der Waals surface area contributed by atoms with Crippen molar-refractivity contribution in [2.45, 2.75) is 98.8 Å². The van der Waals surface area contributed by atoms with Crippen molar-refractivity contribution in [2.75, 3.05) is 18.0 Å². The highest BCUT2D eigenvalue weighted by Crippen LogP contribution is 2.41. The van der Waals surface area contributed by atoms with Crippen LogP contribution in [0.25, 0.3) is 11.3 Å². The molecule has 42 heavy (non-hydrogen) atoms. The fourth-order valence-electron chi connectivity index (χ4n) is 5.09. The van der Waals surface area contributed by atoms with E-state index < -0.39 is 5.91 Å². The number of allylic oxidation sites excluding steroid dienone is 2. The van der Waals surface area contributed by atoms with Crippen LogP contribution in [0.1, 0.15) is 114 Å². The number of hydrogen-bond donors (Lipinski definition) is 0. The highest BCUT2D eigenvalue weighted by molar-refractivity contribution is 7.19. The van der Waals surface area contributed by atoms with Crippen molar-refractivity contribution in [2.24, 2.45) is 4.99 Å². The average Bonchev–Trinajstić information content (AvgIpc) is 3.62. The van der Waals surface area contributed by atoms with Gasteiger partial charge in [0.25, 0.3) is 5.91 Å². The number of aryl methyl sites for hydroxylation is 1. The van der Waals surface area contributed by atoms with Gasteiger partial charge in [0.2, 0.25) is 0 Å². The van der Waals surface area contributed by atoms with Crippen molar-refractivity contribution < 1.29 is 4.79 Å². The first-order chi connectivity index (χ1) is 20.4. The summed E-state index contributed by atoms with van der Waals surface area (Å²) in [4.78, 5) is 30.9. The van der Waals surface area contributed by atoms with E-state index in [9.17, 15) is 10.1 Å². The molecule has 4 rings (SSSR count). The van der Waals surface area contributed by atoms with Crippen LogP contribution in [0.3, 0.4) is 0 Å². The van der Waals surface area contributed by atoms with E-state index in [-0.39, 0.29) is 11.5 Å². The third-order valence-corrected chi connectivity index (χ3v) is 8.83. The van der Waals surface area contributed by atoms with Gasteiger partial charge in [0.1, 0.15) is 28.0 Å². The number of nitriles is 1. The molecule has 2 aromatic heterocycles. The van der Waals surface area contributed by atoms with Gasteiger partial charge in [-0.2, -0.15) is 9.94 Å². The predicted octanol–water partition coefficient (Wildman–Crippen LogP) is 8.42. The summed E-state index contributed by atoms with van der Waals surface area (Å²) in [6.07, 6.45) is 8.37. The summed E-state index contributed by atoms with van der Waals surface area (Å²) in [6, 6.07) is 10.4. The molecule has 222 valence electrons. The Morgan fingerprint density at radius 3 is 2.26 bits per heavy atom. The molecule has 8 nitrogen and oxygen atoms in total. The fraction of sp³-hybridized carbons (Fsp3) is 0.515. The lowest BCUT2D eigenvalue weighted by Crippen LogP contribution is -2.28. The second kappa shape index (κ2) is 14.5. The van der Waals surface area contributed by atoms with Crippen molar-refractivity contribution in [3.05, 3.63) is 52.6 Å². The number of carbonyl (C=O) groups excluding carboxylic acids is 1. The lowest BCUT2D eigenvalue weighted by Gasteiger charge is -2.21. The van der Waals surface area contributed by atoms with Gasteiger partial charge in [-0.3, -0.25) is 4.79 Å². The van der Waals surface area contributed by atoms with Crippen LogP contribution in [-0.4, -0.2) is 44.5 Å². The van der Waals surface area contributed by atoms with Crippen LogP contribution in [0.2, 0.25) is 0 Å². The van der Waals surface area contributed by atoms with Crippen molar-refractivity contribution in [1.82, 2.24) is 19.7 Å². The van der Waals surface area contributed by atoms with Crippen molar-refractivity contribution >= 4 is 33.1 Å². The predicted molar refractivity (Wildman–Crippen MR) is 172 cm³/mol. The molecular formula is C33H43N7OS. The van der Waals surface area contributed by atoms with Crippen LogP contribution in [0, 0.1) is 18.3 Å². The monoisotopic (exact) mass is 585 g/mol. The van der Waals surface area contributed by atoms with Crippen molar-refractivity contribution in [3.8, 4) is 17.3 Å². The van der Waals surface area contributed by atoms with Crippen LogP contribution < -0.4 is 4.90 Å². The summed E-state index contributed by atoms with van der Waals surface area (Å²) in [7, 11) is 0. The molecule has 0 N–H and O–H groups in total. The van der Waals surface area contributed by atoms with E-state index in [2.05, 4.69) is 75.0 Å². The zero-order valence-electron chi connectivity index (χ0n) is 25.9. The summed E-state index contributed by atoms with van der Waals surface area (Å²) in [5.74, 6) is 0.747. The van der Waals surface area contributed by atoms with Gasteiger partial charge in [0.15, 0.2) is 16.8 Å². The Morgan fingerprint density at radius 1 is 1.00 bits per heavy atom. The fourth-order valence-corrected chi connectivity index (χ4v) is 6.11. The number of benzene rings is 1. The summed E-state index contributed by atoms with van der Waals surface area (Å²) >= 11 is 1.56. The van der Waals surface area contributed by atoms with E-state index in [0.717, 1.165) is 85.8 Å². The molecule has 0 spiro atoms. The maximum absolute atomic E-state index is 13.3. The number of carbonyl (C=O) groups is 1. The second-order valence-electron chi connectivity index (χ2n) is 11.0. The number of anilines is 1. The molecule has 3 heterocycles. The van der Waals surface area contributed by atoms with E-state index >= 15 is 0 Å². The molecular weight excluding hydrogens is 542 g/mol. The summed E-state index contributed by atoms with van der Waals surface area (Å²) < 4.78 is 1.29. The summed E-state index contributed by atoms with van der Waals surface area (Å²) in [5.41, 5.74) is 4.03. The van der Waals surface area contributed by atoms with Gasteiger partial charge in [-0.15, -0.1) is 5.10 Å². The lowest BCUT2D eigenvalue weighted by molar-refractivity contribution is 0.0941. The number of thiazole rings is 1. The highest BCUT2D eigenvalue weighted by Gasteiger charge is 2.34. The van der Waals surface area contributed by atoms with Gasteiger partial charge in [-0.1, -0.05) is 94.5 Å². The zero-order chi connectivity index (χ0) is 30.2. The average molecular weight is 586 g/mol. The topological polar surface area (TPSA) is 100 Å². The molecule has 1 aliphatic rings. The molecule has 0 amide bonds. The number of unbranched alkanes of at least 4 members (excludes halogenated alkanes) is 3. The molecule has 1 aromatic carbocycles. The lowest BCUT2D eigenvalue weighted by atomic mass is 9.98. The smallest absolute Gasteiger partial charge is 0.291 e. The van der Waals surface area contributed by atoms with Gasteiger partial charge >= 0.3 is 0 Å². The molecule has 1 aliphatic heterocycles. The minimum atomic E-state index is -0.442. The molecule has 0 radical (unpaired) electrons. The number of hydrogen-bond acceptors (Lipinski definition) is 8. The summed E-state index contributed by atoms with van der Waals surface area (Å²) in [5, 5.41) is 16.3. The highest BCUT2D eigenvalue weighted by atomic mass is 32.1. The maximum Gasteiger partial charge on any atom is 0.291 e. The van der Waals surface area contributed by atoms with Gasteiger partial charge in [-0.05, 0) is 39.5 Å². The van der Waals surface area contributed by atoms with Gasteiger partial charge in [0, 0.05) is 30.1 Å². The summed E-state index contributed by atoms with van der Waals surface area (Å²) in [6.45, 7) is 14.4. The molecule has 1 atom stereocenters.